The van der Waals surface area contributed by atoms with Crippen molar-refractivity contribution in [3.63, 3.8) is 0 Å². The van der Waals surface area contributed by atoms with Gasteiger partial charge in [0.25, 0.3) is 0 Å². The zero-order valence-corrected chi connectivity index (χ0v) is 19.8. The minimum atomic E-state index is -1.63. The molecule has 0 aromatic carbocycles. The van der Waals surface area contributed by atoms with Gasteiger partial charge in [0, 0.05) is 5.56 Å². The van der Waals surface area contributed by atoms with Gasteiger partial charge in [-0.1, -0.05) is 0 Å². The summed E-state index contributed by atoms with van der Waals surface area (Å²) in [6.45, 7) is 14.3. The highest BCUT2D eigenvalue weighted by atomic mass is 16.7. The normalized spacial score (nSPS) is 33.6. The summed E-state index contributed by atoms with van der Waals surface area (Å²) in [5.74, 6) is 0.456. The fraction of sp³-hybridized carbons (Fsp3) is 0.625. The summed E-state index contributed by atoms with van der Waals surface area (Å²) in [7, 11) is 1.47. The molecule has 0 radical (unpaired) electrons. The molecule has 2 aliphatic heterocycles. The number of aliphatic hydroxyl groups excluding tert-OH is 1. The smallest absolute Gasteiger partial charge is 0.342 e. The minimum absolute atomic E-state index is 0.0385. The van der Waals surface area contributed by atoms with Crippen LogP contribution in [-0.4, -0.2) is 46.8 Å². The van der Waals surface area contributed by atoms with E-state index >= 15 is 0 Å². The summed E-state index contributed by atoms with van der Waals surface area (Å²) in [6, 6.07) is 0. The minimum Gasteiger partial charge on any atom is -0.496 e. The van der Waals surface area contributed by atoms with Gasteiger partial charge in [-0.2, -0.15) is 0 Å². The third-order valence-electron chi connectivity index (χ3n) is 6.67. The lowest BCUT2D eigenvalue weighted by molar-refractivity contribution is -0.0724. The maximum atomic E-state index is 12.2. The summed E-state index contributed by atoms with van der Waals surface area (Å²) >= 11 is 0. The molecular formula is C24H34O7. The quantitative estimate of drug-likeness (QED) is 0.524. The number of hydrogen-bond acceptors (Lipinski definition) is 7. The van der Waals surface area contributed by atoms with E-state index in [-0.39, 0.29) is 23.6 Å². The standard InChI is InChI=1S/C24H34O7/c1-12(10-22(6,27)19-14(3)18(28-9)15(4)20(26)29-19)17(25)13(2)11-23(7)21-24(8,31-21)16(5)30-23/h10-11,16-17,21,25,27H,1-9H3/b12-10+,13-11+/t16-,17-,21+,22+,23+,24-/m1/s1. The van der Waals surface area contributed by atoms with Gasteiger partial charge in [0.2, 0.25) is 0 Å². The summed E-state index contributed by atoms with van der Waals surface area (Å²) in [6.07, 6.45) is 2.34. The molecule has 3 rings (SSSR count). The van der Waals surface area contributed by atoms with E-state index in [1.165, 1.54) is 20.1 Å². The Balaban J connectivity index is 1.90. The highest BCUT2D eigenvalue weighted by Crippen LogP contribution is 2.55. The molecule has 0 saturated carbocycles. The molecule has 0 aliphatic carbocycles. The van der Waals surface area contributed by atoms with E-state index in [4.69, 9.17) is 18.6 Å². The maximum absolute atomic E-state index is 12.2. The van der Waals surface area contributed by atoms with Crippen LogP contribution in [0.4, 0.5) is 0 Å². The molecule has 2 fully saturated rings. The Morgan fingerprint density at radius 3 is 2.29 bits per heavy atom. The predicted octanol–water partition coefficient (Wildman–Crippen LogP) is 3.06. The van der Waals surface area contributed by atoms with E-state index in [9.17, 15) is 15.0 Å². The first-order valence-electron chi connectivity index (χ1n) is 10.5. The largest absolute Gasteiger partial charge is 0.496 e. The van der Waals surface area contributed by atoms with E-state index in [1.54, 1.807) is 20.8 Å². The fourth-order valence-electron chi connectivity index (χ4n) is 4.87. The van der Waals surface area contributed by atoms with E-state index in [1.807, 2.05) is 33.8 Å². The van der Waals surface area contributed by atoms with Crippen molar-refractivity contribution in [2.75, 3.05) is 7.11 Å². The van der Waals surface area contributed by atoms with Crippen LogP contribution in [-0.2, 0) is 15.1 Å². The molecule has 0 bridgehead atoms. The van der Waals surface area contributed by atoms with E-state index in [2.05, 4.69) is 0 Å². The average molecular weight is 435 g/mol. The second-order valence-corrected chi connectivity index (χ2v) is 9.45. The maximum Gasteiger partial charge on any atom is 0.342 e. The Morgan fingerprint density at radius 2 is 1.81 bits per heavy atom. The molecule has 6 atom stereocenters. The first-order valence-corrected chi connectivity index (χ1v) is 10.5. The monoisotopic (exact) mass is 434 g/mol. The average Bonchev–Trinajstić information content (AvgIpc) is 3.33. The number of rotatable bonds is 6. The highest BCUT2D eigenvalue weighted by molar-refractivity contribution is 5.43. The van der Waals surface area contributed by atoms with Crippen molar-refractivity contribution in [3.05, 3.63) is 50.6 Å². The number of fused-ring (bicyclic) bond motifs is 1. The molecule has 2 aliphatic rings. The van der Waals surface area contributed by atoms with Crippen molar-refractivity contribution in [1.82, 2.24) is 0 Å². The lowest BCUT2D eigenvalue weighted by Crippen LogP contribution is -2.31. The first kappa shape index (κ1) is 23.7. The zero-order valence-electron chi connectivity index (χ0n) is 19.8. The van der Waals surface area contributed by atoms with Crippen molar-refractivity contribution >= 4 is 0 Å². The van der Waals surface area contributed by atoms with Gasteiger partial charge in [0.05, 0.1) is 24.9 Å². The lowest BCUT2D eigenvalue weighted by atomic mass is 9.89. The number of ether oxygens (including phenoxy) is 3. The van der Waals surface area contributed by atoms with Gasteiger partial charge in [-0.05, 0) is 78.7 Å². The lowest BCUT2D eigenvalue weighted by Gasteiger charge is -2.27. The molecule has 1 aromatic heterocycles. The predicted molar refractivity (Wildman–Crippen MR) is 116 cm³/mol. The fourth-order valence-corrected chi connectivity index (χ4v) is 4.87. The van der Waals surface area contributed by atoms with Crippen LogP contribution in [0.25, 0.3) is 0 Å². The molecular weight excluding hydrogens is 400 g/mol. The number of aliphatic hydroxyl groups is 2. The van der Waals surface area contributed by atoms with Crippen molar-refractivity contribution in [2.24, 2.45) is 0 Å². The molecule has 0 amide bonds. The molecule has 2 N–H and O–H groups in total. The van der Waals surface area contributed by atoms with Crippen LogP contribution in [0.3, 0.4) is 0 Å². The van der Waals surface area contributed by atoms with Crippen LogP contribution in [0.5, 0.6) is 5.75 Å². The van der Waals surface area contributed by atoms with Crippen molar-refractivity contribution in [2.45, 2.75) is 90.5 Å². The Hall–Kier alpha value is -1.93. The number of hydrogen-bond donors (Lipinski definition) is 2. The SMILES string of the molecule is COc1c(C)c([C@@](C)(O)/C=C(\C)[C@@H](O)/C(C)=C/[C@]2(C)O[C@H](C)[C@@]3(C)O[C@H]32)oc(=O)c1C. The van der Waals surface area contributed by atoms with Crippen LogP contribution in [0.1, 0.15) is 58.4 Å². The van der Waals surface area contributed by atoms with Crippen LogP contribution >= 0.6 is 0 Å². The van der Waals surface area contributed by atoms with Gasteiger partial charge in [-0.25, -0.2) is 4.79 Å². The van der Waals surface area contributed by atoms with Crippen molar-refractivity contribution < 1.29 is 28.8 Å². The molecule has 3 heterocycles. The Kier molecular flexibility index (Phi) is 5.81. The highest BCUT2D eigenvalue weighted by Gasteiger charge is 2.71. The van der Waals surface area contributed by atoms with Gasteiger partial charge < -0.3 is 28.8 Å². The van der Waals surface area contributed by atoms with E-state index < -0.39 is 22.9 Å². The Bertz CT molecular complexity index is 1000. The zero-order chi connectivity index (χ0) is 23.5. The van der Waals surface area contributed by atoms with Crippen LogP contribution < -0.4 is 10.4 Å². The number of epoxide rings is 1. The molecule has 2 saturated heterocycles. The van der Waals surface area contributed by atoms with E-state index in [0.717, 1.165) is 0 Å². The van der Waals surface area contributed by atoms with Gasteiger partial charge in [0.15, 0.2) is 0 Å². The molecule has 0 unspecified atom stereocenters. The third-order valence-corrected chi connectivity index (χ3v) is 6.67. The van der Waals surface area contributed by atoms with Crippen LogP contribution in [0.2, 0.25) is 0 Å². The molecule has 7 nitrogen and oxygen atoms in total. The Morgan fingerprint density at radius 1 is 1.19 bits per heavy atom. The van der Waals surface area contributed by atoms with Crippen molar-refractivity contribution in [3.8, 4) is 5.75 Å². The topological polar surface area (TPSA) is 102 Å². The summed E-state index contributed by atoms with van der Waals surface area (Å²) in [4.78, 5) is 12.2. The second-order valence-electron chi connectivity index (χ2n) is 9.45. The summed E-state index contributed by atoms with van der Waals surface area (Å²) < 4.78 is 22.7. The third kappa shape index (κ3) is 3.89. The summed E-state index contributed by atoms with van der Waals surface area (Å²) in [5, 5.41) is 22.0. The second kappa shape index (κ2) is 7.59. The molecule has 0 spiro atoms. The van der Waals surface area contributed by atoms with Crippen LogP contribution in [0, 0.1) is 13.8 Å². The number of methoxy groups -OCH3 is 1. The van der Waals surface area contributed by atoms with Gasteiger partial charge in [-0.3, -0.25) is 0 Å². The van der Waals surface area contributed by atoms with Crippen molar-refractivity contribution in [1.29, 1.82) is 0 Å². The molecule has 172 valence electrons. The molecule has 31 heavy (non-hydrogen) atoms. The van der Waals surface area contributed by atoms with Gasteiger partial charge in [0.1, 0.15) is 34.4 Å². The van der Waals surface area contributed by atoms with Gasteiger partial charge in [-0.15, -0.1) is 0 Å². The summed E-state index contributed by atoms with van der Waals surface area (Å²) in [5.41, 5.74) is -1.06. The van der Waals surface area contributed by atoms with Gasteiger partial charge >= 0.3 is 5.63 Å². The van der Waals surface area contributed by atoms with E-state index in [0.29, 0.717) is 28.0 Å². The molecule has 1 aromatic rings. The van der Waals surface area contributed by atoms with Crippen LogP contribution in [0.15, 0.2) is 32.5 Å². The Labute approximate surface area is 183 Å². The molecule has 7 heteroatoms. The first-order chi connectivity index (χ1) is 14.2.